The molecule has 0 saturated heterocycles. The third kappa shape index (κ3) is 4.68. The fourth-order valence-electron chi connectivity index (χ4n) is 1.62. The molecule has 6 heteroatoms. The number of aryl methyl sites for hydroxylation is 1. The summed E-state index contributed by atoms with van der Waals surface area (Å²) in [4.78, 5) is 22.0. The summed E-state index contributed by atoms with van der Waals surface area (Å²) in [5.41, 5.74) is 0.802. The Bertz CT molecular complexity index is 449. The highest BCUT2D eigenvalue weighted by Crippen LogP contribution is 2.17. The van der Waals surface area contributed by atoms with E-state index < -0.39 is 0 Å². The first kappa shape index (κ1) is 16.2. The Morgan fingerprint density at radius 2 is 2.10 bits per heavy atom. The van der Waals surface area contributed by atoms with Gasteiger partial charge in [0.15, 0.2) is 0 Å². The van der Waals surface area contributed by atoms with Gasteiger partial charge in [-0.25, -0.2) is 4.98 Å². The summed E-state index contributed by atoms with van der Waals surface area (Å²) in [7, 11) is 1.37. The molecule has 6 nitrogen and oxygen atoms in total. The van der Waals surface area contributed by atoms with Gasteiger partial charge in [-0.15, -0.1) is 0 Å². The molecular formula is C14H23N3O3. The van der Waals surface area contributed by atoms with Crippen LogP contribution in [0.3, 0.4) is 0 Å². The maximum atomic E-state index is 11.5. The normalized spacial score (nSPS) is 10.5. The van der Waals surface area contributed by atoms with Crippen molar-refractivity contribution in [2.24, 2.45) is 0 Å². The standard InChI is InChI=1S/C14H23N3O3/c1-6-7-20-12-8-11(4)15-14(16-12)17(10(2)3)9-13(18)19-5/h8,10H,6-7,9H2,1-5H3. The van der Waals surface area contributed by atoms with Crippen molar-refractivity contribution in [1.29, 1.82) is 0 Å². The van der Waals surface area contributed by atoms with Gasteiger partial charge in [0.1, 0.15) is 6.54 Å². The summed E-state index contributed by atoms with van der Waals surface area (Å²) in [6, 6.07) is 1.87. The summed E-state index contributed by atoms with van der Waals surface area (Å²) in [6.45, 7) is 8.58. The molecule has 0 aliphatic carbocycles. The molecule has 0 fully saturated rings. The molecule has 0 radical (unpaired) electrons. The Balaban J connectivity index is 3.00. The number of rotatable bonds is 7. The second kappa shape index (κ2) is 7.67. The average molecular weight is 281 g/mol. The van der Waals surface area contributed by atoms with Gasteiger partial charge in [-0.2, -0.15) is 4.98 Å². The molecule has 112 valence electrons. The van der Waals surface area contributed by atoms with Crippen LogP contribution in [0.4, 0.5) is 5.95 Å². The van der Waals surface area contributed by atoms with Crippen molar-refractivity contribution in [3.8, 4) is 5.88 Å². The Kier molecular flexibility index (Phi) is 6.21. The van der Waals surface area contributed by atoms with Gasteiger partial charge in [-0.1, -0.05) is 6.92 Å². The van der Waals surface area contributed by atoms with Gasteiger partial charge < -0.3 is 14.4 Å². The highest BCUT2D eigenvalue weighted by Gasteiger charge is 2.19. The third-order valence-corrected chi connectivity index (χ3v) is 2.68. The van der Waals surface area contributed by atoms with E-state index in [1.807, 2.05) is 27.7 Å². The Hall–Kier alpha value is -1.85. The summed E-state index contributed by atoms with van der Waals surface area (Å²) in [5.74, 6) is 0.696. The summed E-state index contributed by atoms with van der Waals surface area (Å²) >= 11 is 0. The summed E-state index contributed by atoms with van der Waals surface area (Å²) in [5, 5.41) is 0. The van der Waals surface area contributed by atoms with Gasteiger partial charge in [0.05, 0.1) is 13.7 Å². The average Bonchev–Trinajstić information content (AvgIpc) is 2.41. The Morgan fingerprint density at radius 3 is 2.65 bits per heavy atom. The van der Waals surface area contributed by atoms with E-state index in [-0.39, 0.29) is 18.6 Å². The number of nitrogens with zero attached hydrogens (tertiary/aromatic N) is 3. The maximum absolute atomic E-state index is 11.5. The highest BCUT2D eigenvalue weighted by atomic mass is 16.5. The van der Waals surface area contributed by atoms with Crippen LogP contribution in [0.1, 0.15) is 32.9 Å². The van der Waals surface area contributed by atoms with E-state index in [1.165, 1.54) is 7.11 Å². The molecule has 0 aliphatic rings. The maximum Gasteiger partial charge on any atom is 0.325 e. The van der Waals surface area contributed by atoms with Crippen LogP contribution in [0.15, 0.2) is 6.07 Å². The predicted octanol–water partition coefficient (Wildman–Crippen LogP) is 1.96. The zero-order valence-corrected chi connectivity index (χ0v) is 12.8. The molecule has 0 unspecified atom stereocenters. The smallest absolute Gasteiger partial charge is 0.325 e. The number of carbonyl (C=O) groups excluding carboxylic acids is 1. The van der Waals surface area contributed by atoms with Crippen molar-refractivity contribution >= 4 is 11.9 Å². The number of hydrogen-bond donors (Lipinski definition) is 0. The van der Waals surface area contributed by atoms with Crippen LogP contribution in [0, 0.1) is 6.92 Å². The minimum Gasteiger partial charge on any atom is -0.478 e. The van der Waals surface area contributed by atoms with Gasteiger partial charge in [0.2, 0.25) is 11.8 Å². The number of hydrogen-bond acceptors (Lipinski definition) is 6. The Morgan fingerprint density at radius 1 is 1.40 bits per heavy atom. The first-order valence-electron chi connectivity index (χ1n) is 6.79. The largest absolute Gasteiger partial charge is 0.478 e. The molecule has 1 rings (SSSR count). The van der Waals surface area contributed by atoms with Crippen LogP contribution in [-0.4, -0.2) is 42.2 Å². The molecule has 0 N–H and O–H groups in total. The van der Waals surface area contributed by atoms with Crippen molar-refractivity contribution in [2.75, 3.05) is 25.2 Å². The zero-order valence-electron chi connectivity index (χ0n) is 12.8. The lowest BCUT2D eigenvalue weighted by Crippen LogP contribution is -2.37. The van der Waals surface area contributed by atoms with E-state index in [4.69, 9.17) is 9.47 Å². The molecule has 0 saturated carbocycles. The fourth-order valence-corrected chi connectivity index (χ4v) is 1.62. The van der Waals surface area contributed by atoms with Gasteiger partial charge in [-0.05, 0) is 27.2 Å². The minimum atomic E-state index is -0.320. The van der Waals surface area contributed by atoms with Crippen LogP contribution >= 0.6 is 0 Å². The first-order valence-corrected chi connectivity index (χ1v) is 6.79. The third-order valence-electron chi connectivity index (χ3n) is 2.68. The number of methoxy groups -OCH3 is 1. The Labute approximate surface area is 120 Å². The second-order valence-electron chi connectivity index (χ2n) is 4.79. The SMILES string of the molecule is CCCOc1cc(C)nc(N(CC(=O)OC)C(C)C)n1. The lowest BCUT2D eigenvalue weighted by molar-refractivity contribution is -0.139. The summed E-state index contributed by atoms with van der Waals surface area (Å²) < 4.78 is 10.3. The lowest BCUT2D eigenvalue weighted by Gasteiger charge is -2.25. The number of aromatic nitrogens is 2. The monoisotopic (exact) mass is 281 g/mol. The molecule has 0 aliphatic heterocycles. The predicted molar refractivity (Wildman–Crippen MR) is 77.1 cm³/mol. The van der Waals surface area contributed by atoms with Crippen LogP contribution in [0.2, 0.25) is 0 Å². The van der Waals surface area contributed by atoms with Crippen LogP contribution in [-0.2, 0) is 9.53 Å². The van der Waals surface area contributed by atoms with E-state index >= 15 is 0 Å². The lowest BCUT2D eigenvalue weighted by atomic mass is 10.3. The molecule has 0 spiro atoms. The molecule has 0 aromatic carbocycles. The number of anilines is 1. The molecule has 1 aromatic rings. The van der Waals surface area contributed by atoms with Crippen molar-refractivity contribution in [3.63, 3.8) is 0 Å². The fraction of sp³-hybridized carbons (Fsp3) is 0.643. The van der Waals surface area contributed by atoms with Crippen molar-refractivity contribution in [1.82, 2.24) is 9.97 Å². The first-order chi connectivity index (χ1) is 9.47. The zero-order chi connectivity index (χ0) is 15.1. The topological polar surface area (TPSA) is 64.5 Å². The molecule has 1 aromatic heterocycles. The van der Waals surface area contributed by atoms with E-state index in [9.17, 15) is 4.79 Å². The van der Waals surface area contributed by atoms with Gasteiger partial charge in [0.25, 0.3) is 0 Å². The molecular weight excluding hydrogens is 258 g/mol. The van der Waals surface area contributed by atoms with E-state index in [2.05, 4.69) is 9.97 Å². The van der Waals surface area contributed by atoms with Crippen molar-refractivity contribution in [3.05, 3.63) is 11.8 Å². The molecule has 1 heterocycles. The van der Waals surface area contributed by atoms with Crippen molar-refractivity contribution < 1.29 is 14.3 Å². The van der Waals surface area contributed by atoms with E-state index in [0.29, 0.717) is 18.4 Å². The summed E-state index contributed by atoms with van der Waals surface area (Å²) in [6.07, 6.45) is 0.911. The highest BCUT2D eigenvalue weighted by molar-refractivity contribution is 5.75. The van der Waals surface area contributed by atoms with Gasteiger partial charge in [-0.3, -0.25) is 4.79 Å². The minimum absolute atomic E-state index is 0.0786. The van der Waals surface area contributed by atoms with Crippen LogP contribution in [0.25, 0.3) is 0 Å². The van der Waals surface area contributed by atoms with Crippen LogP contribution < -0.4 is 9.64 Å². The second-order valence-corrected chi connectivity index (χ2v) is 4.79. The number of esters is 1. The number of carbonyl (C=O) groups is 1. The van der Waals surface area contributed by atoms with E-state index in [0.717, 1.165) is 12.1 Å². The molecule has 0 atom stereocenters. The van der Waals surface area contributed by atoms with Gasteiger partial charge in [0, 0.05) is 17.8 Å². The van der Waals surface area contributed by atoms with Crippen LogP contribution in [0.5, 0.6) is 5.88 Å². The molecule has 20 heavy (non-hydrogen) atoms. The molecule has 0 amide bonds. The van der Waals surface area contributed by atoms with E-state index in [1.54, 1.807) is 11.0 Å². The molecule has 0 bridgehead atoms. The van der Waals surface area contributed by atoms with Crippen molar-refractivity contribution in [2.45, 2.75) is 40.2 Å². The van der Waals surface area contributed by atoms with Gasteiger partial charge >= 0.3 is 5.97 Å². The number of ether oxygens (including phenoxy) is 2. The quantitative estimate of drug-likeness (QED) is 0.712.